The number of nitrogen functional groups attached to an aromatic ring is 1. The third-order valence-corrected chi connectivity index (χ3v) is 3.61. The van der Waals surface area contributed by atoms with E-state index in [2.05, 4.69) is 6.07 Å². The average molecular weight is 271 g/mol. The topological polar surface area (TPSA) is 52.3 Å². The Morgan fingerprint density at radius 1 is 1.30 bits per heavy atom. The zero-order chi connectivity index (χ0) is 14.1. The van der Waals surface area contributed by atoms with Gasteiger partial charge in [-0.15, -0.1) is 0 Å². The molecule has 0 saturated heterocycles. The zero-order valence-electron chi connectivity index (χ0n) is 10.8. The molecule has 1 aliphatic rings. The van der Waals surface area contributed by atoms with Gasteiger partial charge in [0.15, 0.2) is 0 Å². The monoisotopic (exact) mass is 271 g/mol. The van der Waals surface area contributed by atoms with E-state index in [0.29, 0.717) is 6.61 Å². The van der Waals surface area contributed by atoms with Crippen LogP contribution in [0.15, 0.2) is 42.5 Å². The molecule has 1 atom stereocenters. The van der Waals surface area contributed by atoms with Crippen molar-refractivity contribution in [3.63, 3.8) is 0 Å². The van der Waals surface area contributed by atoms with Crippen LogP contribution in [0.2, 0.25) is 0 Å². The van der Waals surface area contributed by atoms with Crippen LogP contribution in [-0.4, -0.2) is 12.6 Å². The quantitative estimate of drug-likeness (QED) is 0.690. The third kappa shape index (κ3) is 2.25. The molecule has 0 saturated carbocycles. The fourth-order valence-electron chi connectivity index (χ4n) is 2.48. The lowest BCUT2D eigenvalue weighted by molar-refractivity contribution is 0.0471. The van der Waals surface area contributed by atoms with Crippen molar-refractivity contribution in [3.05, 3.63) is 65.0 Å². The minimum absolute atomic E-state index is 0.101. The first-order valence-electron chi connectivity index (χ1n) is 6.45. The molecule has 2 aromatic carbocycles. The Labute approximate surface area is 116 Å². The van der Waals surface area contributed by atoms with Crippen LogP contribution in [0.25, 0.3) is 0 Å². The number of ether oxygens (including phenoxy) is 1. The molecule has 102 valence electrons. The molecule has 0 fully saturated rings. The Morgan fingerprint density at radius 2 is 2.10 bits per heavy atom. The lowest BCUT2D eigenvalue weighted by Gasteiger charge is -2.29. The molecule has 4 heteroatoms. The number of benzene rings is 2. The first-order chi connectivity index (χ1) is 9.65. The van der Waals surface area contributed by atoms with E-state index in [0.717, 1.165) is 12.5 Å². The highest BCUT2D eigenvalue weighted by Gasteiger charge is 2.27. The van der Waals surface area contributed by atoms with Gasteiger partial charge < -0.3 is 10.5 Å². The van der Waals surface area contributed by atoms with Crippen molar-refractivity contribution in [1.29, 1.82) is 0 Å². The van der Waals surface area contributed by atoms with Gasteiger partial charge in [0.1, 0.15) is 5.82 Å². The van der Waals surface area contributed by atoms with Crippen molar-refractivity contribution < 1.29 is 13.9 Å². The summed E-state index contributed by atoms with van der Waals surface area (Å²) in [6.45, 7) is 0.326. The van der Waals surface area contributed by atoms with Gasteiger partial charge in [-0.3, -0.25) is 0 Å². The zero-order valence-corrected chi connectivity index (χ0v) is 10.8. The fraction of sp³-hybridized carbons (Fsp3) is 0.188. The molecule has 20 heavy (non-hydrogen) atoms. The van der Waals surface area contributed by atoms with Crippen LogP contribution in [0.1, 0.15) is 27.4 Å². The van der Waals surface area contributed by atoms with Gasteiger partial charge in [0.2, 0.25) is 0 Å². The van der Waals surface area contributed by atoms with E-state index in [9.17, 15) is 9.18 Å². The number of anilines is 1. The molecule has 0 spiro atoms. The van der Waals surface area contributed by atoms with E-state index in [-0.39, 0.29) is 17.2 Å². The highest BCUT2D eigenvalue weighted by Crippen LogP contribution is 2.35. The first kappa shape index (κ1) is 12.7. The van der Waals surface area contributed by atoms with Crippen LogP contribution in [0.3, 0.4) is 0 Å². The molecule has 2 N–H and O–H groups in total. The molecule has 0 aromatic heterocycles. The molecule has 0 amide bonds. The van der Waals surface area contributed by atoms with Crippen LogP contribution >= 0.6 is 0 Å². The Morgan fingerprint density at radius 3 is 2.85 bits per heavy atom. The predicted molar refractivity (Wildman–Crippen MR) is 74.0 cm³/mol. The van der Waals surface area contributed by atoms with Gasteiger partial charge in [0.05, 0.1) is 12.2 Å². The lowest BCUT2D eigenvalue weighted by atomic mass is 9.78. The first-order valence-corrected chi connectivity index (χ1v) is 6.45. The standard InChI is InChI=1S/C16H14FNO2/c17-12-5-6-14(15(18)8-12)16(19)20-9-11-7-10-3-1-2-4-13(10)11/h1-6,8,11H,7,9,18H2. The number of hydrogen-bond acceptors (Lipinski definition) is 3. The van der Waals surface area contributed by atoms with Gasteiger partial charge in [-0.05, 0) is 35.7 Å². The van der Waals surface area contributed by atoms with Crippen LogP contribution in [-0.2, 0) is 11.2 Å². The second kappa shape index (κ2) is 4.96. The normalized spacial score (nSPS) is 16.1. The van der Waals surface area contributed by atoms with Crippen LogP contribution in [0.5, 0.6) is 0 Å². The number of halogens is 1. The molecule has 0 bridgehead atoms. The fourth-order valence-corrected chi connectivity index (χ4v) is 2.48. The SMILES string of the molecule is Nc1cc(F)ccc1C(=O)OCC1Cc2ccccc21. The summed E-state index contributed by atoms with van der Waals surface area (Å²) in [6.07, 6.45) is 0.919. The molecular weight excluding hydrogens is 257 g/mol. The highest BCUT2D eigenvalue weighted by atomic mass is 19.1. The van der Waals surface area contributed by atoms with Crippen molar-refractivity contribution in [1.82, 2.24) is 0 Å². The van der Waals surface area contributed by atoms with Crippen LogP contribution in [0.4, 0.5) is 10.1 Å². The number of hydrogen-bond donors (Lipinski definition) is 1. The van der Waals surface area contributed by atoms with Crippen molar-refractivity contribution in [2.45, 2.75) is 12.3 Å². The van der Waals surface area contributed by atoms with E-state index >= 15 is 0 Å². The summed E-state index contributed by atoms with van der Waals surface area (Å²) in [4.78, 5) is 11.9. The van der Waals surface area contributed by atoms with Gasteiger partial charge in [-0.2, -0.15) is 0 Å². The van der Waals surface area contributed by atoms with Gasteiger partial charge in [-0.1, -0.05) is 24.3 Å². The summed E-state index contributed by atoms with van der Waals surface area (Å²) < 4.78 is 18.2. The summed E-state index contributed by atoms with van der Waals surface area (Å²) in [5, 5.41) is 0. The Bertz CT molecular complexity index is 669. The average Bonchev–Trinajstić information content (AvgIpc) is 2.39. The predicted octanol–water partition coefficient (Wildman–Crippen LogP) is 2.90. The van der Waals surface area contributed by atoms with Gasteiger partial charge in [-0.25, -0.2) is 9.18 Å². The van der Waals surface area contributed by atoms with Crippen LogP contribution in [0, 0.1) is 5.82 Å². The van der Waals surface area contributed by atoms with Crippen molar-refractivity contribution in [2.75, 3.05) is 12.3 Å². The molecule has 0 aliphatic heterocycles. The van der Waals surface area contributed by atoms with Gasteiger partial charge >= 0.3 is 5.97 Å². The number of carbonyl (C=O) groups is 1. The van der Waals surface area contributed by atoms with Crippen molar-refractivity contribution >= 4 is 11.7 Å². The summed E-state index contributed by atoms with van der Waals surface area (Å²) >= 11 is 0. The largest absolute Gasteiger partial charge is 0.461 e. The van der Waals surface area contributed by atoms with E-state index in [1.165, 1.54) is 23.3 Å². The maximum Gasteiger partial charge on any atom is 0.340 e. The number of fused-ring (bicyclic) bond motifs is 1. The number of rotatable bonds is 3. The van der Waals surface area contributed by atoms with Crippen molar-refractivity contribution in [2.24, 2.45) is 0 Å². The Kier molecular flexibility index (Phi) is 3.14. The molecule has 2 aromatic rings. The highest BCUT2D eigenvalue weighted by molar-refractivity contribution is 5.95. The lowest BCUT2D eigenvalue weighted by Crippen LogP contribution is -2.23. The number of esters is 1. The minimum atomic E-state index is -0.508. The molecule has 0 radical (unpaired) electrons. The van der Waals surface area contributed by atoms with Crippen molar-refractivity contribution in [3.8, 4) is 0 Å². The molecule has 3 rings (SSSR count). The smallest absolute Gasteiger partial charge is 0.340 e. The summed E-state index contributed by atoms with van der Waals surface area (Å²) in [5.74, 6) is -0.726. The molecular formula is C16H14FNO2. The van der Waals surface area contributed by atoms with Crippen LogP contribution < -0.4 is 5.73 Å². The van der Waals surface area contributed by atoms with Gasteiger partial charge in [0, 0.05) is 11.6 Å². The second-order valence-corrected chi connectivity index (χ2v) is 4.93. The maximum atomic E-state index is 12.9. The number of carbonyl (C=O) groups excluding carboxylic acids is 1. The molecule has 3 nitrogen and oxygen atoms in total. The molecule has 1 unspecified atom stereocenters. The van der Waals surface area contributed by atoms with E-state index in [4.69, 9.17) is 10.5 Å². The molecule has 0 heterocycles. The Balaban J connectivity index is 1.64. The number of nitrogens with two attached hydrogens (primary N) is 1. The second-order valence-electron chi connectivity index (χ2n) is 4.93. The van der Waals surface area contributed by atoms with E-state index < -0.39 is 11.8 Å². The van der Waals surface area contributed by atoms with E-state index in [1.807, 2.05) is 18.2 Å². The maximum absolute atomic E-state index is 12.9. The summed E-state index contributed by atoms with van der Waals surface area (Å²) in [6, 6.07) is 11.8. The minimum Gasteiger partial charge on any atom is -0.461 e. The summed E-state index contributed by atoms with van der Waals surface area (Å²) in [5.41, 5.74) is 8.45. The van der Waals surface area contributed by atoms with Gasteiger partial charge in [0.25, 0.3) is 0 Å². The van der Waals surface area contributed by atoms with E-state index in [1.54, 1.807) is 0 Å². The summed E-state index contributed by atoms with van der Waals surface area (Å²) in [7, 11) is 0. The third-order valence-electron chi connectivity index (χ3n) is 3.61. The molecule has 1 aliphatic carbocycles. The Hall–Kier alpha value is -2.36.